The van der Waals surface area contributed by atoms with Crippen molar-refractivity contribution in [3.8, 4) is 0 Å². The number of methoxy groups -OCH3 is 1. The number of carbonyl (C=O) groups is 4. The van der Waals surface area contributed by atoms with Gasteiger partial charge in [-0.2, -0.15) is 0 Å². The van der Waals surface area contributed by atoms with E-state index in [1.165, 1.54) is 12.0 Å². The van der Waals surface area contributed by atoms with Crippen molar-refractivity contribution in [2.45, 2.75) is 82.6 Å². The van der Waals surface area contributed by atoms with Gasteiger partial charge in [-0.1, -0.05) is 54.1 Å². The van der Waals surface area contributed by atoms with Crippen LogP contribution in [-0.4, -0.2) is 83.6 Å². The minimum Gasteiger partial charge on any atom is -0.469 e. The van der Waals surface area contributed by atoms with Crippen LogP contribution in [0.3, 0.4) is 0 Å². The second-order valence-corrected chi connectivity index (χ2v) is 13.1. The molecule has 11 heteroatoms. The summed E-state index contributed by atoms with van der Waals surface area (Å²) in [7, 11) is 1.32. The second-order valence-electron chi connectivity index (χ2n) is 12.7. The zero-order valence-electron chi connectivity index (χ0n) is 26.6. The Morgan fingerprint density at radius 3 is 2.40 bits per heavy atom. The minimum absolute atomic E-state index is 0.0332. The molecule has 3 amide bonds. The van der Waals surface area contributed by atoms with Crippen LogP contribution in [0.15, 0.2) is 54.6 Å². The number of carbonyl (C=O) groups excluding carboxylic acids is 4. The number of aryl methyl sites for hydroxylation is 1. The van der Waals surface area contributed by atoms with Gasteiger partial charge in [0.05, 0.1) is 37.6 Å². The molecular formula is C34H45ClN4O6. The van der Waals surface area contributed by atoms with Crippen molar-refractivity contribution in [2.24, 2.45) is 11.7 Å². The molecule has 4 rings (SSSR count). The first kappa shape index (κ1) is 34.4. The number of halogens is 1. The summed E-state index contributed by atoms with van der Waals surface area (Å²) >= 11 is 6.11. The van der Waals surface area contributed by atoms with Crippen LogP contribution >= 0.6 is 11.6 Å². The summed E-state index contributed by atoms with van der Waals surface area (Å²) in [6.07, 6.45) is 2.80. The van der Waals surface area contributed by atoms with E-state index < -0.39 is 35.2 Å². The highest BCUT2D eigenvalue weighted by atomic mass is 35.5. The molecule has 0 bridgehead atoms. The summed E-state index contributed by atoms with van der Waals surface area (Å²) in [6, 6.07) is 15.5. The molecule has 2 heterocycles. The first-order chi connectivity index (χ1) is 21.3. The van der Waals surface area contributed by atoms with E-state index in [-0.39, 0.29) is 37.3 Å². The molecule has 244 valence electrons. The van der Waals surface area contributed by atoms with E-state index in [1.54, 1.807) is 25.7 Å². The van der Waals surface area contributed by atoms with Crippen LogP contribution in [0.4, 0.5) is 0 Å². The number of nitrogens with one attached hydrogen (secondary N) is 1. The SMILES string of the molecule is COC(=O)C[C@@H](Cc1ccccc1)C(=O)N1CCC[C@](CCc2ccc(Cl)cc2)(NC(=O)[C@@H]2COC(C)(C)N2C(=O)[C@H](C)N)C1. The quantitative estimate of drug-likeness (QED) is 0.360. The number of nitrogens with zero attached hydrogens (tertiary/aromatic N) is 2. The molecule has 0 spiro atoms. The molecular weight excluding hydrogens is 596 g/mol. The van der Waals surface area contributed by atoms with Gasteiger partial charge in [0.2, 0.25) is 17.7 Å². The fraction of sp³-hybridized carbons (Fsp3) is 0.529. The number of hydrogen-bond donors (Lipinski definition) is 2. The molecule has 2 fully saturated rings. The molecule has 0 radical (unpaired) electrons. The molecule has 0 saturated carbocycles. The maximum Gasteiger partial charge on any atom is 0.306 e. The smallest absolute Gasteiger partial charge is 0.306 e. The molecule has 2 aromatic carbocycles. The summed E-state index contributed by atoms with van der Waals surface area (Å²) < 4.78 is 10.8. The normalized spacial score (nSPS) is 22.4. The second kappa shape index (κ2) is 14.7. The van der Waals surface area contributed by atoms with Crippen molar-refractivity contribution >= 4 is 35.3 Å². The molecule has 2 aliphatic rings. The molecule has 3 N–H and O–H groups in total. The lowest BCUT2D eigenvalue weighted by Crippen LogP contribution is -2.64. The van der Waals surface area contributed by atoms with Gasteiger partial charge in [0, 0.05) is 18.1 Å². The van der Waals surface area contributed by atoms with Gasteiger partial charge >= 0.3 is 5.97 Å². The number of amides is 3. The van der Waals surface area contributed by atoms with E-state index in [0.29, 0.717) is 43.7 Å². The molecule has 0 aromatic heterocycles. The summed E-state index contributed by atoms with van der Waals surface area (Å²) in [5.74, 6) is -1.96. The Balaban J connectivity index is 1.61. The van der Waals surface area contributed by atoms with Gasteiger partial charge in [-0.3, -0.25) is 24.1 Å². The number of ether oxygens (including phenoxy) is 2. The number of benzene rings is 2. The predicted molar refractivity (Wildman–Crippen MR) is 171 cm³/mol. The Hall–Kier alpha value is -3.47. The molecule has 0 unspecified atom stereocenters. The van der Waals surface area contributed by atoms with E-state index in [0.717, 1.165) is 11.1 Å². The molecule has 2 saturated heterocycles. The third-order valence-electron chi connectivity index (χ3n) is 8.81. The van der Waals surface area contributed by atoms with Gasteiger partial charge in [-0.15, -0.1) is 0 Å². The first-order valence-electron chi connectivity index (χ1n) is 15.5. The zero-order valence-corrected chi connectivity index (χ0v) is 27.3. The lowest BCUT2D eigenvalue weighted by molar-refractivity contribution is -0.151. The number of nitrogens with two attached hydrogens (primary N) is 1. The number of piperidine rings is 1. The minimum atomic E-state index is -1.00. The van der Waals surface area contributed by atoms with Crippen LogP contribution < -0.4 is 11.1 Å². The Kier molecular flexibility index (Phi) is 11.3. The van der Waals surface area contributed by atoms with E-state index in [1.807, 2.05) is 54.6 Å². The molecule has 2 aromatic rings. The Labute approximate surface area is 270 Å². The van der Waals surface area contributed by atoms with Crippen molar-refractivity contribution in [2.75, 3.05) is 26.8 Å². The lowest BCUT2D eigenvalue weighted by Gasteiger charge is -2.45. The Bertz CT molecular complexity index is 1350. The largest absolute Gasteiger partial charge is 0.469 e. The fourth-order valence-electron chi connectivity index (χ4n) is 6.39. The van der Waals surface area contributed by atoms with Crippen LogP contribution in [0, 0.1) is 5.92 Å². The highest BCUT2D eigenvalue weighted by Crippen LogP contribution is 2.32. The van der Waals surface area contributed by atoms with Crippen LogP contribution in [0.25, 0.3) is 0 Å². The van der Waals surface area contributed by atoms with Gasteiger partial charge in [-0.05, 0) is 76.1 Å². The van der Waals surface area contributed by atoms with Crippen molar-refractivity contribution in [1.29, 1.82) is 0 Å². The van der Waals surface area contributed by atoms with Gasteiger partial charge in [0.1, 0.15) is 11.8 Å². The maximum absolute atomic E-state index is 14.1. The lowest BCUT2D eigenvalue weighted by atomic mass is 9.82. The van der Waals surface area contributed by atoms with E-state index in [4.69, 9.17) is 26.8 Å². The molecule has 0 aliphatic carbocycles. The topological polar surface area (TPSA) is 131 Å². The molecule has 2 aliphatic heterocycles. The Morgan fingerprint density at radius 1 is 1.07 bits per heavy atom. The highest BCUT2D eigenvalue weighted by Gasteiger charge is 2.49. The summed E-state index contributed by atoms with van der Waals surface area (Å²) in [5.41, 5.74) is 6.15. The highest BCUT2D eigenvalue weighted by molar-refractivity contribution is 6.30. The number of esters is 1. The average Bonchev–Trinajstić information content (AvgIpc) is 3.34. The van der Waals surface area contributed by atoms with Gasteiger partial charge in [-0.25, -0.2) is 0 Å². The first-order valence-corrected chi connectivity index (χ1v) is 15.9. The maximum atomic E-state index is 14.1. The van der Waals surface area contributed by atoms with Crippen molar-refractivity contribution in [1.82, 2.24) is 15.1 Å². The Morgan fingerprint density at radius 2 is 1.76 bits per heavy atom. The predicted octanol–water partition coefficient (Wildman–Crippen LogP) is 3.48. The molecule has 10 nitrogen and oxygen atoms in total. The van der Waals surface area contributed by atoms with E-state index in [9.17, 15) is 19.2 Å². The monoisotopic (exact) mass is 640 g/mol. The standard InChI is InChI=1S/C34H45ClN4O6/c1-23(36)31(42)39-28(21-45-33(39,2)3)30(41)37-34(17-15-24-11-13-27(35)14-12-24)16-8-18-38(22-34)32(43)26(20-29(40)44-4)19-25-9-6-5-7-10-25/h5-7,9-14,23,26,28H,8,15-22,36H2,1-4H3,(H,37,41)/t23-,26+,28-,34+/m0/s1. The van der Waals surface area contributed by atoms with Gasteiger partial charge in [0.25, 0.3) is 0 Å². The fourth-order valence-corrected chi connectivity index (χ4v) is 6.52. The number of rotatable bonds is 11. The van der Waals surface area contributed by atoms with Crippen LogP contribution in [-0.2, 0) is 41.5 Å². The summed E-state index contributed by atoms with van der Waals surface area (Å²) in [5, 5.41) is 3.91. The zero-order chi connectivity index (χ0) is 32.8. The van der Waals surface area contributed by atoms with E-state index in [2.05, 4.69) is 5.32 Å². The third kappa shape index (κ3) is 8.62. The number of likely N-dealkylation sites (tertiary alicyclic amines) is 1. The van der Waals surface area contributed by atoms with E-state index >= 15 is 0 Å². The van der Waals surface area contributed by atoms with Crippen LogP contribution in [0.2, 0.25) is 5.02 Å². The average molecular weight is 641 g/mol. The van der Waals surface area contributed by atoms with Gasteiger partial charge in [0.15, 0.2) is 0 Å². The number of hydrogen-bond acceptors (Lipinski definition) is 7. The van der Waals surface area contributed by atoms with Gasteiger partial charge < -0.3 is 25.4 Å². The summed E-state index contributed by atoms with van der Waals surface area (Å²) in [6.45, 7) is 5.86. The van der Waals surface area contributed by atoms with Crippen molar-refractivity contribution in [3.63, 3.8) is 0 Å². The van der Waals surface area contributed by atoms with Crippen LogP contribution in [0.1, 0.15) is 57.6 Å². The van der Waals surface area contributed by atoms with Crippen molar-refractivity contribution in [3.05, 3.63) is 70.7 Å². The molecule has 45 heavy (non-hydrogen) atoms. The van der Waals surface area contributed by atoms with Crippen LogP contribution in [0.5, 0.6) is 0 Å². The summed E-state index contributed by atoms with van der Waals surface area (Å²) in [4.78, 5) is 56.8. The van der Waals surface area contributed by atoms with Crippen molar-refractivity contribution < 1.29 is 28.7 Å². The molecule has 4 atom stereocenters. The third-order valence-corrected chi connectivity index (χ3v) is 9.07.